The molecule has 0 saturated carbocycles. The number of carbonyl (C=O) groups is 2. The van der Waals surface area contributed by atoms with E-state index in [4.69, 9.17) is 4.74 Å². The average molecular weight is 358 g/mol. The zero-order valence-corrected chi connectivity index (χ0v) is 14.6. The second-order valence-corrected chi connectivity index (χ2v) is 6.16. The third-order valence-electron chi connectivity index (χ3n) is 4.40. The Hall–Kier alpha value is -3.03. The Balaban J connectivity index is 1.54. The van der Waals surface area contributed by atoms with E-state index in [1.165, 1.54) is 6.20 Å². The van der Waals surface area contributed by atoms with Crippen LogP contribution in [0.2, 0.25) is 0 Å². The van der Waals surface area contributed by atoms with Crippen molar-refractivity contribution < 1.29 is 14.3 Å². The highest BCUT2D eigenvalue weighted by molar-refractivity contribution is 5.92. The zero-order chi connectivity index (χ0) is 18.5. The molecule has 0 atom stereocenters. The zero-order valence-electron chi connectivity index (χ0n) is 14.6. The van der Waals surface area contributed by atoms with Gasteiger partial charge in [-0.15, -0.1) is 0 Å². The van der Waals surface area contributed by atoms with Gasteiger partial charge in [0.15, 0.2) is 0 Å². The molecule has 1 aliphatic rings. The lowest BCUT2D eigenvalue weighted by Crippen LogP contribution is -2.34. The number of urea groups is 1. The summed E-state index contributed by atoms with van der Waals surface area (Å²) in [6, 6.07) is 4.63. The average Bonchev–Trinajstić information content (AvgIpc) is 3.05. The molecule has 1 saturated heterocycles. The molecule has 3 N–H and O–H groups in total. The van der Waals surface area contributed by atoms with Crippen molar-refractivity contribution in [3.8, 4) is 5.75 Å². The number of ether oxygens (including phenoxy) is 1. The van der Waals surface area contributed by atoms with Crippen molar-refractivity contribution in [3.63, 3.8) is 0 Å². The monoisotopic (exact) mass is 358 g/mol. The minimum absolute atomic E-state index is 0.175. The predicted molar refractivity (Wildman–Crippen MR) is 98.6 cm³/mol. The van der Waals surface area contributed by atoms with Crippen LogP contribution in [0.1, 0.15) is 19.3 Å². The Morgan fingerprint density at radius 2 is 2.19 bits per heavy atom. The maximum Gasteiger partial charge on any atom is 0.319 e. The van der Waals surface area contributed by atoms with E-state index >= 15 is 0 Å². The van der Waals surface area contributed by atoms with Crippen LogP contribution in [0.3, 0.4) is 0 Å². The van der Waals surface area contributed by atoms with Crippen LogP contribution in [0.25, 0.3) is 10.9 Å². The lowest BCUT2D eigenvalue weighted by atomic mass is 10.2. The van der Waals surface area contributed by atoms with Gasteiger partial charge in [0.2, 0.25) is 11.3 Å². The van der Waals surface area contributed by atoms with Crippen LogP contribution >= 0.6 is 0 Å². The summed E-state index contributed by atoms with van der Waals surface area (Å²) in [4.78, 5) is 40.7. The number of rotatable bonds is 6. The number of methoxy groups -OCH3 is 1. The van der Waals surface area contributed by atoms with Crippen LogP contribution in [0.15, 0.2) is 29.2 Å². The molecule has 1 aliphatic heterocycles. The first-order chi connectivity index (χ1) is 12.6. The van der Waals surface area contributed by atoms with E-state index in [1.807, 2.05) is 4.90 Å². The highest BCUT2D eigenvalue weighted by Gasteiger charge is 2.19. The normalized spacial score (nSPS) is 13.9. The lowest BCUT2D eigenvalue weighted by molar-refractivity contribution is -0.127. The minimum Gasteiger partial charge on any atom is -0.497 e. The van der Waals surface area contributed by atoms with E-state index in [-0.39, 0.29) is 17.0 Å². The number of benzene rings is 1. The molecule has 0 spiro atoms. The van der Waals surface area contributed by atoms with E-state index in [2.05, 4.69) is 15.6 Å². The summed E-state index contributed by atoms with van der Waals surface area (Å²) >= 11 is 0. The number of nitrogens with one attached hydrogen (secondary N) is 3. The molecule has 3 rings (SSSR count). The van der Waals surface area contributed by atoms with Crippen molar-refractivity contribution in [3.05, 3.63) is 34.6 Å². The fourth-order valence-electron chi connectivity index (χ4n) is 3.00. The number of H-pyrrole nitrogens is 1. The van der Waals surface area contributed by atoms with Gasteiger partial charge in [0.05, 0.1) is 12.6 Å². The third-order valence-corrected chi connectivity index (χ3v) is 4.40. The highest BCUT2D eigenvalue weighted by Crippen LogP contribution is 2.17. The summed E-state index contributed by atoms with van der Waals surface area (Å²) in [5.41, 5.74) is 0.546. The number of hydrogen-bond acceptors (Lipinski definition) is 4. The van der Waals surface area contributed by atoms with Crippen molar-refractivity contribution in [2.75, 3.05) is 32.1 Å². The molecule has 0 unspecified atom stereocenters. The van der Waals surface area contributed by atoms with Gasteiger partial charge in [-0.25, -0.2) is 4.79 Å². The molecule has 138 valence electrons. The number of aromatic nitrogens is 1. The Labute approximate surface area is 150 Å². The van der Waals surface area contributed by atoms with E-state index in [1.54, 1.807) is 25.3 Å². The number of aromatic amines is 1. The van der Waals surface area contributed by atoms with Gasteiger partial charge in [-0.3, -0.25) is 9.59 Å². The van der Waals surface area contributed by atoms with Gasteiger partial charge in [0.1, 0.15) is 11.4 Å². The van der Waals surface area contributed by atoms with Gasteiger partial charge < -0.3 is 25.3 Å². The van der Waals surface area contributed by atoms with Crippen molar-refractivity contribution in [1.82, 2.24) is 15.2 Å². The topological polar surface area (TPSA) is 104 Å². The van der Waals surface area contributed by atoms with Gasteiger partial charge >= 0.3 is 6.03 Å². The summed E-state index contributed by atoms with van der Waals surface area (Å²) in [6.07, 6.45) is 3.66. The lowest BCUT2D eigenvalue weighted by Gasteiger charge is -2.15. The molecule has 26 heavy (non-hydrogen) atoms. The second-order valence-electron chi connectivity index (χ2n) is 6.16. The van der Waals surface area contributed by atoms with E-state index in [0.717, 1.165) is 13.0 Å². The van der Waals surface area contributed by atoms with Crippen molar-refractivity contribution in [1.29, 1.82) is 0 Å². The molecular formula is C18H22N4O4. The first-order valence-corrected chi connectivity index (χ1v) is 8.60. The van der Waals surface area contributed by atoms with Crippen molar-refractivity contribution in [2.45, 2.75) is 19.3 Å². The maximum atomic E-state index is 12.5. The molecular weight excluding hydrogens is 336 g/mol. The molecule has 1 aromatic heterocycles. The number of fused-ring (bicyclic) bond motifs is 1. The van der Waals surface area contributed by atoms with Crippen LogP contribution in [0, 0.1) is 0 Å². The molecule has 3 amide bonds. The second kappa shape index (κ2) is 7.90. The maximum absolute atomic E-state index is 12.5. The minimum atomic E-state index is -0.448. The van der Waals surface area contributed by atoms with Gasteiger partial charge in [0, 0.05) is 43.7 Å². The molecule has 2 aromatic rings. The fraction of sp³-hybridized carbons (Fsp3) is 0.389. The SMILES string of the molecule is COc1ccc2c(=O)c(NC(=O)NCCCN3CCCC3=O)c[nH]c2c1. The molecule has 1 aromatic carbocycles. The highest BCUT2D eigenvalue weighted by atomic mass is 16.5. The largest absolute Gasteiger partial charge is 0.497 e. The van der Waals surface area contributed by atoms with Gasteiger partial charge in [0.25, 0.3) is 0 Å². The summed E-state index contributed by atoms with van der Waals surface area (Å²) < 4.78 is 5.13. The fourth-order valence-corrected chi connectivity index (χ4v) is 3.00. The Bertz CT molecular complexity index is 877. The Morgan fingerprint density at radius 1 is 1.35 bits per heavy atom. The number of nitrogens with zero attached hydrogens (tertiary/aromatic N) is 1. The van der Waals surface area contributed by atoms with Gasteiger partial charge in [-0.05, 0) is 25.0 Å². The Kier molecular flexibility index (Phi) is 5.40. The van der Waals surface area contributed by atoms with Crippen LogP contribution in [0.5, 0.6) is 5.75 Å². The van der Waals surface area contributed by atoms with Crippen LogP contribution in [0.4, 0.5) is 10.5 Å². The van der Waals surface area contributed by atoms with Crippen LogP contribution < -0.4 is 20.8 Å². The number of carbonyl (C=O) groups excluding carboxylic acids is 2. The number of likely N-dealkylation sites (tertiary alicyclic amines) is 1. The first-order valence-electron chi connectivity index (χ1n) is 8.60. The molecule has 0 bridgehead atoms. The van der Waals surface area contributed by atoms with E-state index in [9.17, 15) is 14.4 Å². The van der Waals surface area contributed by atoms with Crippen LogP contribution in [-0.2, 0) is 4.79 Å². The predicted octanol–water partition coefficient (Wildman–Crippen LogP) is 1.67. The molecule has 0 radical (unpaired) electrons. The van der Waals surface area contributed by atoms with E-state index < -0.39 is 6.03 Å². The summed E-state index contributed by atoms with van der Waals surface area (Å²) in [5, 5.41) is 5.73. The summed E-state index contributed by atoms with van der Waals surface area (Å²) in [6.45, 7) is 1.86. The van der Waals surface area contributed by atoms with Gasteiger partial charge in [-0.2, -0.15) is 0 Å². The summed E-state index contributed by atoms with van der Waals surface area (Å²) in [5.74, 6) is 0.817. The summed E-state index contributed by atoms with van der Waals surface area (Å²) in [7, 11) is 1.55. The van der Waals surface area contributed by atoms with Crippen molar-refractivity contribution >= 4 is 28.5 Å². The van der Waals surface area contributed by atoms with Crippen molar-refractivity contribution in [2.24, 2.45) is 0 Å². The first kappa shape index (κ1) is 17.8. The van der Waals surface area contributed by atoms with Gasteiger partial charge in [-0.1, -0.05) is 0 Å². The number of amides is 3. The quantitative estimate of drug-likeness (QED) is 0.683. The Morgan fingerprint density at radius 3 is 2.92 bits per heavy atom. The standard InChI is InChI=1S/C18H22N4O4/c1-26-12-5-6-13-14(10-12)20-11-15(17(13)24)21-18(25)19-7-3-9-22-8-2-4-16(22)23/h5-6,10-11H,2-4,7-9H2,1H3,(H,20,24)(H2,19,21,25). The molecule has 8 nitrogen and oxygen atoms in total. The third kappa shape index (κ3) is 3.96. The smallest absolute Gasteiger partial charge is 0.319 e. The number of hydrogen-bond donors (Lipinski definition) is 3. The number of anilines is 1. The molecule has 0 aliphatic carbocycles. The van der Waals surface area contributed by atoms with E-state index in [0.29, 0.717) is 42.6 Å². The molecule has 2 heterocycles. The number of pyridine rings is 1. The van der Waals surface area contributed by atoms with Crippen LogP contribution in [-0.4, -0.2) is 48.6 Å². The molecule has 8 heteroatoms. The molecule has 1 fully saturated rings.